The van der Waals surface area contributed by atoms with E-state index in [4.69, 9.17) is 11.6 Å². The highest BCUT2D eigenvalue weighted by Gasteiger charge is 2.31. The number of alkyl halides is 6. The Morgan fingerprint density at radius 1 is 0.923 bits per heavy atom. The van der Waals surface area contributed by atoms with Gasteiger partial charge in [-0.05, 0) is 67.1 Å². The maximum Gasteiger partial charge on any atom is 0.446 e. The van der Waals surface area contributed by atoms with Gasteiger partial charge in [0.2, 0.25) is 5.91 Å². The molecule has 2 aliphatic heterocycles. The summed E-state index contributed by atoms with van der Waals surface area (Å²) in [4.78, 5) is 18.8. The van der Waals surface area contributed by atoms with Crippen LogP contribution in [0.25, 0.3) is 0 Å². The van der Waals surface area contributed by atoms with E-state index in [-0.39, 0.29) is 33.6 Å². The zero-order valence-corrected chi connectivity index (χ0v) is 22.6. The minimum absolute atomic E-state index is 0.0391. The molecule has 0 unspecified atom stereocenters. The van der Waals surface area contributed by atoms with Crippen molar-refractivity contribution in [1.82, 2.24) is 9.80 Å². The molecule has 0 radical (unpaired) electrons. The second-order valence-electron chi connectivity index (χ2n) is 9.62. The van der Waals surface area contributed by atoms with Crippen molar-refractivity contribution in [3.8, 4) is 0 Å². The largest absolute Gasteiger partial charge is 0.446 e. The van der Waals surface area contributed by atoms with Crippen LogP contribution in [0.4, 0.5) is 37.7 Å². The van der Waals surface area contributed by atoms with Gasteiger partial charge in [0.05, 0.1) is 10.6 Å². The van der Waals surface area contributed by atoms with Gasteiger partial charge in [0.1, 0.15) is 0 Å². The van der Waals surface area contributed by atoms with E-state index in [9.17, 15) is 31.1 Å². The van der Waals surface area contributed by atoms with E-state index in [0.29, 0.717) is 57.7 Å². The number of benzene rings is 2. The van der Waals surface area contributed by atoms with Crippen molar-refractivity contribution < 1.29 is 31.1 Å². The molecule has 0 aliphatic carbocycles. The van der Waals surface area contributed by atoms with Crippen LogP contribution in [0.15, 0.2) is 47.4 Å². The lowest BCUT2D eigenvalue weighted by molar-refractivity contribution is -0.137. The molecule has 2 heterocycles. The Bertz CT molecular complexity index is 1110. The van der Waals surface area contributed by atoms with E-state index in [2.05, 4.69) is 10.2 Å². The third-order valence-electron chi connectivity index (χ3n) is 6.95. The number of nitrogens with one attached hydrogen (secondary N) is 1. The molecule has 2 aliphatic rings. The Balaban J connectivity index is 1.17. The second-order valence-corrected chi connectivity index (χ2v) is 11.1. The standard InChI is InChI=1S/C26H29ClF6N4OS/c27-22-6-3-20(17-23(22)39-26(31,32)33)34-19-7-11-37(12-8-19)24(38)9-10-35-13-15-36(16-14-35)21-4-1-18(2-5-21)25(28,29)30/h1-6,17,19,34H,7-16H2. The predicted molar refractivity (Wildman–Crippen MR) is 141 cm³/mol. The first kappa shape index (κ1) is 29.7. The molecule has 0 aromatic heterocycles. The second kappa shape index (κ2) is 12.5. The van der Waals surface area contributed by atoms with Crippen LogP contribution in [0.5, 0.6) is 0 Å². The fourth-order valence-electron chi connectivity index (χ4n) is 4.81. The summed E-state index contributed by atoms with van der Waals surface area (Å²) in [6, 6.07) is 9.71. The number of nitrogens with zero attached hydrogens (tertiary/aromatic N) is 3. The summed E-state index contributed by atoms with van der Waals surface area (Å²) in [5.74, 6) is 0.0639. The Kier molecular flexibility index (Phi) is 9.49. The molecule has 0 atom stereocenters. The summed E-state index contributed by atoms with van der Waals surface area (Å²) in [7, 11) is 0. The third kappa shape index (κ3) is 8.59. The fourth-order valence-corrected chi connectivity index (χ4v) is 5.64. The van der Waals surface area contributed by atoms with Gasteiger partial charge in [-0.1, -0.05) is 11.6 Å². The highest BCUT2D eigenvalue weighted by atomic mass is 35.5. The minimum atomic E-state index is -4.42. The highest BCUT2D eigenvalue weighted by Crippen LogP contribution is 2.41. The molecule has 2 fully saturated rings. The zero-order valence-electron chi connectivity index (χ0n) is 21.0. The summed E-state index contributed by atoms with van der Waals surface area (Å²) in [6.07, 6.45) is -2.60. The highest BCUT2D eigenvalue weighted by molar-refractivity contribution is 8.00. The van der Waals surface area contributed by atoms with Crippen molar-refractivity contribution >= 4 is 40.6 Å². The number of likely N-dealkylation sites (tertiary alicyclic amines) is 1. The van der Waals surface area contributed by atoms with Gasteiger partial charge >= 0.3 is 11.7 Å². The maximum absolute atomic E-state index is 12.8. The molecule has 214 valence electrons. The molecular weight excluding hydrogens is 566 g/mol. The van der Waals surface area contributed by atoms with Gasteiger partial charge in [-0.25, -0.2) is 0 Å². The van der Waals surface area contributed by atoms with Crippen LogP contribution >= 0.6 is 23.4 Å². The van der Waals surface area contributed by atoms with Crippen LogP contribution in [0.2, 0.25) is 5.02 Å². The molecule has 39 heavy (non-hydrogen) atoms. The number of carbonyl (C=O) groups excluding carboxylic acids is 1. The normalized spacial score (nSPS) is 17.9. The zero-order chi connectivity index (χ0) is 28.2. The molecule has 2 aromatic rings. The van der Waals surface area contributed by atoms with Gasteiger partial charge in [-0.15, -0.1) is 0 Å². The van der Waals surface area contributed by atoms with Crippen LogP contribution in [0.1, 0.15) is 24.8 Å². The summed E-state index contributed by atoms with van der Waals surface area (Å²) in [5, 5.41) is 3.31. The lowest BCUT2D eigenvalue weighted by Crippen LogP contribution is -2.48. The number of anilines is 2. The molecule has 0 saturated carbocycles. The van der Waals surface area contributed by atoms with Gasteiger partial charge in [0.25, 0.3) is 0 Å². The summed E-state index contributed by atoms with van der Waals surface area (Å²) >= 11 is 5.66. The molecule has 0 spiro atoms. The quantitative estimate of drug-likeness (QED) is 0.289. The number of rotatable bonds is 7. The van der Waals surface area contributed by atoms with E-state index in [1.807, 2.05) is 9.80 Å². The Morgan fingerprint density at radius 2 is 1.56 bits per heavy atom. The number of piperazine rings is 1. The molecular formula is C26H29ClF6N4OS. The molecule has 5 nitrogen and oxygen atoms in total. The molecule has 13 heteroatoms. The fraction of sp³-hybridized carbons (Fsp3) is 0.500. The van der Waals surface area contributed by atoms with Crippen LogP contribution in [0, 0.1) is 0 Å². The topological polar surface area (TPSA) is 38.8 Å². The first-order chi connectivity index (χ1) is 18.4. The molecule has 1 amide bonds. The number of carbonyl (C=O) groups is 1. The van der Waals surface area contributed by atoms with Gasteiger partial charge < -0.3 is 15.1 Å². The van der Waals surface area contributed by atoms with Crippen molar-refractivity contribution in [2.24, 2.45) is 0 Å². The van der Waals surface area contributed by atoms with Gasteiger partial charge in [0, 0.05) is 74.5 Å². The summed E-state index contributed by atoms with van der Waals surface area (Å²) in [6.45, 7) is 4.52. The van der Waals surface area contributed by atoms with Gasteiger partial charge in [0.15, 0.2) is 0 Å². The van der Waals surface area contributed by atoms with Crippen molar-refractivity contribution in [3.05, 3.63) is 53.1 Å². The van der Waals surface area contributed by atoms with Gasteiger partial charge in [-0.3, -0.25) is 9.69 Å². The van der Waals surface area contributed by atoms with Gasteiger partial charge in [-0.2, -0.15) is 26.3 Å². The smallest absolute Gasteiger partial charge is 0.382 e. The average molecular weight is 595 g/mol. The number of halogens is 7. The SMILES string of the molecule is O=C(CCN1CCN(c2ccc(C(F)(F)F)cc2)CC1)N1CCC(Nc2ccc(Cl)c(SC(F)(F)F)c2)CC1. The average Bonchev–Trinajstić information content (AvgIpc) is 2.89. The van der Waals surface area contributed by atoms with Crippen molar-refractivity contribution in [2.45, 2.75) is 41.9 Å². The molecule has 2 aromatic carbocycles. The number of piperidine rings is 1. The van der Waals surface area contributed by atoms with E-state index in [0.717, 1.165) is 30.9 Å². The molecule has 1 N–H and O–H groups in total. The maximum atomic E-state index is 12.8. The van der Waals surface area contributed by atoms with Crippen LogP contribution < -0.4 is 10.2 Å². The number of thioether (sulfide) groups is 1. The Labute approximate surface area is 232 Å². The number of hydrogen-bond donors (Lipinski definition) is 1. The van der Waals surface area contributed by atoms with E-state index < -0.39 is 17.2 Å². The van der Waals surface area contributed by atoms with Crippen molar-refractivity contribution in [1.29, 1.82) is 0 Å². The lowest BCUT2D eigenvalue weighted by atomic mass is 10.0. The van der Waals surface area contributed by atoms with Crippen LogP contribution in [-0.4, -0.2) is 73.1 Å². The first-order valence-corrected chi connectivity index (χ1v) is 13.8. The third-order valence-corrected chi connectivity index (χ3v) is 8.18. The van der Waals surface area contributed by atoms with Crippen molar-refractivity contribution in [3.63, 3.8) is 0 Å². The molecule has 2 saturated heterocycles. The molecule has 4 rings (SSSR count). The summed E-state index contributed by atoms with van der Waals surface area (Å²) < 4.78 is 76.6. The number of hydrogen-bond acceptors (Lipinski definition) is 5. The number of amides is 1. The minimum Gasteiger partial charge on any atom is -0.382 e. The summed E-state index contributed by atoms with van der Waals surface area (Å²) in [5.41, 5.74) is -3.77. The Hall–Kier alpha value is -2.31. The predicted octanol–water partition coefficient (Wildman–Crippen LogP) is 6.59. The first-order valence-electron chi connectivity index (χ1n) is 12.6. The monoisotopic (exact) mass is 594 g/mol. The van der Waals surface area contributed by atoms with Crippen LogP contribution in [-0.2, 0) is 11.0 Å². The van der Waals surface area contributed by atoms with Crippen LogP contribution in [0.3, 0.4) is 0 Å². The van der Waals surface area contributed by atoms with Crippen molar-refractivity contribution in [2.75, 3.05) is 56.0 Å². The van der Waals surface area contributed by atoms with E-state index >= 15 is 0 Å². The molecule has 0 bridgehead atoms. The lowest BCUT2D eigenvalue weighted by Gasteiger charge is -2.37. The van der Waals surface area contributed by atoms with E-state index in [1.165, 1.54) is 24.3 Å². The Morgan fingerprint density at radius 3 is 2.15 bits per heavy atom. The van der Waals surface area contributed by atoms with E-state index in [1.54, 1.807) is 6.07 Å².